The number of alkyl halides is 7. The smallest absolute Gasteiger partial charge is 0.351 e. The van der Waals surface area contributed by atoms with Crippen molar-refractivity contribution in [3.63, 3.8) is 0 Å². The molecule has 6 nitrogen and oxygen atoms in total. The first-order valence-electron chi connectivity index (χ1n) is 11.0. The van der Waals surface area contributed by atoms with Gasteiger partial charge in [0.1, 0.15) is 5.69 Å². The van der Waals surface area contributed by atoms with Gasteiger partial charge in [0.05, 0.1) is 5.56 Å². The second-order valence-corrected chi connectivity index (χ2v) is 8.78. The summed E-state index contributed by atoms with van der Waals surface area (Å²) in [4.78, 5) is 16.5. The molecule has 2 N–H and O–H groups in total. The highest BCUT2D eigenvalue weighted by Crippen LogP contribution is 2.36. The van der Waals surface area contributed by atoms with Crippen molar-refractivity contribution in [1.29, 1.82) is 0 Å². The van der Waals surface area contributed by atoms with E-state index in [9.17, 15) is 30.7 Å². The largest absolute Gasteiger partial charge is 0.416 e. The fraction of sp³-hybridized carbons (Fsp3) is 0.619. The van der Waals surface area contributed by atoms with Crippen molar-refractivity contribution in [2.24, 2.45) is 0 Å². The number of hydrogen-bond acceptors (Lipinski definition) is 6. The van der Waals surface area contributed by atoms with Crippen molar-refractivity contribution in [3.8, 4) is 11.5 Å². The Morgan fingerprint density at radius 1 is 0.765 bits per heavy atom. The normalized spacial score (nSPS) is 21.3. The van der Waals surface area contributed by atoms with Gasteiger partial charge in [-0.2, -0.15) is 28.1 Å². The fourth-order valence-electron chi connectivity index (χ4n) is 4.08. The number of nitrogens with zero attached hydrogens (tertiary/aromatic N) is 4. The molecule has 0 bridgehead atoms. The second-order valence-electron chi connectivity index (χ2n) is 8.78. The number of hydrogen-bond donors (Lipinski definition) is 2. The quantitative estimate of drug-likeness (QED) is 0.504. The number of pyridine rings is 1. The van der Waals surface area contributed by atoms with Crippen molar-refractivity contribution in [2.75, 3.05) is 10.6 Å². The molecule has 34 heavy (non-hydrogen) atoms. The Morgan fingerprint density at radius 3 is 1.68 bits per heavy atom. The van der Waals surface area contributed by atoms with Crippen LogP contribution < -0.4 is 10.6 Å². The summed E-state index contributed by atoms with van der Waals surface area (Å²) in [6.07, 6.45) is -4.20. The van der Waals surface area contributed by atoms with E-state index in [1.54, 1.807) is 0 Å². The molecule has 2 heterocycles. The SMILES string of the molecule is FC1(F)CCC(Nc2nc(NC3CCC(F)(F)CC3)nc(-c3cc(C(F)(F)F)ccn3)n2)CC1. The summed E-state index contributed by atoms with van der Waals surface area (Å²) in [5.41, 5.74) is -1.10. The molecule has 0 amide bonds. The molecule has 2 aromatic rings. The Bertz CT molecular complexity index is 945. The van der Waals surface area contributed by atoms with Crippen LogP contribution in [0, 0.1) is 0 Å². The molecule has 2 aliphatic carbocycles. The zero-order valence-electron chi connectivity index (χ0n) is 18.0. The minimum absolute atomic E-state index is 0.0110. The third-order valence-electron chi connectivity index (χ3n) is 6.05. The van der Waals surface area contributed by atoms with Gasteiger partial charge in [0.2, 0.25) is 23.7 Å². The average Bonchev–Trinajstić information content (AvgIpc) is 2.76. The van der Waals surface area contributed by atoms with Crippen molar-refractivity contribution in [2.45, 2.75) is 81.5 Å². The van der Waals surface area contributed by atoms with Gasteiger partial charge in [-0.1, -0.05) is 0 Å². The molecule has 2 aliphatic rings. The summed E-state index contributed by atoms with van der Waals surface area (Å²) in [6, 6.07) is 0.898. The van der Waals surface area contributed by atoms with E-state index >= 15 is 0 Å². The molecule has 4 rings (SSSR count). The topological polar surface area (TPSA) is 75.6 Å². The molecular formula is C21H23F7N6. The molecule has 0 atom stereocenters. The number of aromatic nitrogens is 4. The lowest BCUT2D eigenvalue weighted by atomic mass is 9.92. The van der Waals surface area contributed by atoms with Crippen LogP contribution in [-0.2, 0) is 6.18 Å². The summed E-state index contributed by atoms with van der Waals surface area (Å²) in [5, 5.41) is 5.92. The molecule has 0 unspecified atom stereocenters. The standard InChI is InChI=1S/C21H23F7N6/c22-19(23)6-1-13(2-7-19)30-17-32-16(15-11-12(5-10-29-15)21(26,27)28)33-18(34-17)31-14-3-8-20(24,25)9-4-14/h5,10-11,13-14H,1-4,6-9H2,(H2,30,31,32,33,34). The monoisotopic (exact) mass is 492 g/mol. The van der Waals surface area contributed by atoms with Gasteiger partial charge in [0, 0.05) is 44.0 Å². The van der Waals surface area contributed by atoms with Gasteiger partial charge in [0.15, 0.2) is 5.82 Å². The van der Waals surface area contributed by atoms with E-state index in [0.717, 1.165) is 18.3 Å². The van der Waals surface area contributed by atoms with Crippen LogP contribution in [0.2, 0.25) is 0 Å². The summed E-state index contributed by atoms with van der Waals surface area (Å²) in [6.45, 7) is 0. The van der Waals surface area contributed by atoms with E-state index in [1.807, 2.05) is 0 Å². The van der Waals surface area contributed by atoms with Crippen LogP contribution in [0.25, 0.3) is 11.5 Å². The Balaban J connectivity index is 1.60. The van der Waals surface area contributed by atoms with Gasteiger partial charge >= 0.3 is 6.18 Å². The number of rotatable bonds is 5. The first-order chi connectivity index (χ1) is 15.9. The number of halogens is 7. The van der Waals surface area contributed by atoms with Crippen LogP contribution >= 0.6 is 0 Å². The highest BCUT2D eigenvalue weighted by atomic mass is 19.4. The molecule has 0 radical (unpaired) electrons. The maximum absolute atomic E-state index is 13.5. The van der Waals surface area contributed by atoms with Gasteiger partial charge in [-0.05, 0) is 37.8 Å². The van der Waals surface area contributed by atoms with E-state index < -0.39 is 23.6 Å². The van der Waals surface area contributed by atoms with Gasteiger partial charge in [0.25, 0.3) is 0 Å². The second kappa shape index (κ2) is 9.14. The van der Waals surface area contributed by atoms with Gasteiger partial charge in [-0.15, -0.1) is 0 Å². The van der Waals surface area contributed by atoms with Crippen LogP contribution in [-0.4, -0.2) is 43.9 Å². The average molecular weight is 492 g/mol. The third kappa shape index (κ3) is 6.23. The highest BCUT2D eigenvalue weighted by Gasteiger charge is 2.36. The van der Waals surface area contributed by atoms with Crippen molar-refractivity contribution < 1.29 is 30.7 Å². The maximum Gasteiger partial charge on any atom is 0.416 e. The predicted octanol–water partition coefficient (Wildman–Crippen LogP) is 5.93. The molecule has 0 aliphatic heterocycles. The minimum atomic E-state index is -4.60. The lowest BCUT2D eigenvalue weighted by molar-refractivity contribution is -0.137. The van der Waals surface area contributed by atoms with Gasteiger partial charge in [-0.3, -0.25) is 4.98 Å². The molecule has 2 fully saturated rings. The Labute approximate surface area is 190 Å². The molecule has 13 heteroatoms. The number of nitrogens with one attached hydrogen (secondary N) is 2. The Hall–Kier alpha value is -2.73. The zero-order chi connectivity index (χ0) is 24.6. The van der Waals surface area contributed by atoms with Crippen molar-refractivity contribution in [3.05, 3.63) is 23.9 Å². The lowest BCUT2D eigenvalue weighted by Gasteiger charge is -2.30. The van der Waals surface area contributed by atoms with E-state index in [0.29, 0.717) is 0 Å². The van der Waals surface area contributed by atoms with E-state index in [-0.39, 0.29) is 86.9 Å². The highest BCUT2D eigenvalue weighted by molar-refractivity contribution is 5.55. The predicted molar refractivity (Wildman–Crippen MR) is 110 cm³/mol. The van der Waals surface area contributed by atoms with Crippen LogP contribution in [0.4, 0.5) is 42.6 Å². The van der Waals surface area contributed by atoms with Crippen LogP contribution in [0.5, 0.6) is 0 Å². The third-order valence-corrected chi connectivity index (χ3v) is 6.05. The molecule has 2 saturated carbocycles. The van der Waals surface area contributed by atoms with E-state index in [4.69, 9.17) is 0 Å². The molecule has 0 saturated heterocycles. The minimum Gasteiger partial charge on any atom is -0.351 e. The Morgan fingerprint density at radius 2 is 1.24 bits per heavy atom. The molecule has 2 aromatic heterocycles. The first-order valence-corrected chi connectivity index (χ1v) is 11.0. The lowest BCUT2D eigenvalue weighted by Crippen LogP contribution is -2.33. The summed E-state index contributed by atoms with van der Waals surface area (Å²) in [7, 11) is 0. The molecule has 186 valence electrons. The summed E-state index contributed by atoms with van der Waals surface area (Å²) >= 11 is 0. The van der Waals surface area contributed by atoms with Gasteiger partial charge < -0.3 is 10.6 Å². The van der Waals surface area contributed by atoms with E-state index in [2.05, 4.69) is 30.6 Å². The van der Waals surface area contributed by atoms with E-state index in [1.165, 1.54) is 0 Å². The number of anilines is 2. The fourth-order valence-corrected chi connectivity index (χ4v) is 4.08. The van der Waals surface area contributed by atoms with Crippen LogP contribution in [0.1, 0.15) is 56.9 Å². The molecule has 0 aromatic carbocycles. The van der Waals surface area contributed by atoms with Crippen molar-refractivity contribution in [1.82, 2.24) is 19.9 Å². The van der Waals surface area contributed by atoms with Crippen LogP contribution in [0.15, 0.2) is 18.3 Å². The zero-order valence-corrected chi connectivity index (χ0v) is 18.0. The van der Waals surface area contributed by atoms with Crippen molar-refractivity contribution >= 4 is 11.9 Å². The molecule has 0 spiro atoms. The molecular weight excluding hydrogens is 469 g/mol. The first kappa shape index (κ1) is 24.4. The summed E-state index contributed by atoms with van der Waals surface area (Å²) < 4.78 is 93.4. The maximum atomic E-state index is 13.5. The Kier molecular flexibility index (Phi) is 6.56. The summed E-state index contributed by atoms with van der Waals surface area (Å²) in [5.74, 6) is -5.65. The van der Waals surface area contributed by atoms with Crippen LogP contribution in [0.3, 0.4) is 0 Å². The van der Waals surface area contributed by atoms with Gasteiger partial charge in [-0.25, -0.2) is 17.6 Å².